The Morgan fingerprint density at radius 1 is 1.26 bits per heavy atom. The molecule has 1 fully saturated rings. The van der Waals surface area contributed by atoms with Crippen LogP contribution in [0, 0.1) is 0 Å². The van der Waals surface area contributed by atoms with Crippen molar-refractivity contribution in [1.82, 2.24) is 0 Å². The Balaban J connectivity index is 2.30. The first kappa shape index (κ1) is 14.4. The van der Waals surface area contributed by atoms with Crippen molar-refractivity contribution < 1.29 is 27.8 Å². The van der Waals surface area contributed by atoms with Gasteiger partial charge in [-0.15, -0.1) is 13.2 Å². The van der Waals surface area contributed by atoms with Crippen LogP contribution in [-0.2, 0) is 10.3 Å². The second kappa shape index (κ2) is 5.19. The monoisotopic (exact) mass is 296 g/mol. The number of alkyl halides is 3. The predicted octanol–water partition coefficient (Wildman–Crippen LogP) is 3.24. The van der Waals surface area contributed by atoms with E-state index in [0.29, 0.717) is 31.6 Å². The molecule has 0 bridgehead atoms. The maximum absolute atomic E-state index is 12.2. The molecule has 3 nitrogen and oxygen atoms in total. The van der Waals surface area contributed by atoms with Crippen molar-refractivity contribution in [2.45, 2.75) is 24.8 Å². The molecule has 0 spiro atoms. The summed E-state index contributed by atoms with van der Waals surface area (Å²) >= 11 is 5.66. The molecule has 1 aromatic carbocycles. The minimum atomic E-state index is -4.82. The zero-order valence-electron chi connectivity index (χ0n) is 9.84. The van der Waals surface area contributed by atoms with Crippen molar-refractivity contribution in [3.63, 3.8) is 0 Å². The fourth-order valence-corrected chi connectivity index (χ4v) is 2.15. The van der Waals surface area contributed by atoms with E-state index in [-0.39, 0.29) is 5.02 Å². The molecule has 0 amide bonds. The van der Waals surface area contributed by atoms with Gasteiger partial charge < -0.3 is 14.6 Å². The maximum Gasteiger partial charge on any atom is 0.573 e. The lowest BCUT2D eigenvalue weighted by molar-refractivity contribution is -0.274. The highest BCUT2D eigenvalue weighted by molar-refractivity contribution is 6.32. The Bertz CT molecular complexity index is 456. The first-order valence-electron chi connectivity index (χ1n) is 5.66. The van der Waals surface area contributed by atoms with E-state index in [2.05, 4.69) is 4.74 Å². The van der Waals surface area contributed by atoms with Gasteiger partial charge in [-0.25, -0.2) is 0 Å². The molecule has 1 aromatic rings. The van der Waals surface area contributed by atoms with Gasteiger partial charge in [-0.05, 0) is 17.7 Å². The summed E-state index contributed by atoms with van der Waals surface area (Å²) in [5.74, 6) is -0.508. The summed E-state index contributed by atoms with van der Waals surface area (Å²) in [6.07, 6.45) is -4.18. The number of hydrogen-bond acceptors (Lipinski definition) is 3. The van der Waals surface area contributed by atoms with Crippen molar-refractivity contribution in [3.05, 3.63) is 28.8 Å². The lowest BCUT2D eigenvalue weighted by atomic mass is 9.86. The Morgan fingerprint density at radius 3 is 2.47 bits per heavy atom. The van der Waals surface area contributed by atoms with Gasteiger partial charge in [0, 0.05) is 26.1 Å². The molecule has 1 N–H and O–H groups in total. The van der Waals surface area contributed by atoms with Crippen molar-refractivity contribution in [2.75, 3.05) is 13.2 Å². The largest absolute Gasteiger partial charge is 0.573 e. The molecule has 19 heavy (non-hydrogen) atoms. The molecule has 106 valence electrons. The van der Waals surface area contributed by atoms with Crippen LogP contribution >= 0.6 is 11.6 Å². The van der Waals surface area contributed by atoms with Gasteiger partial charge in [-0.3, -0.25) is 0 Å². The van der Waals surface area contributed by atoms with Gasteiger partial charge in [0.15, 0.2) is 0 Å². The standard InChI is InChI=1S/C12H12ClF3O3/c13-9-2-1-8(7-10(9)19-12(14,15)16)11(17)3-5-18-6-4-11/h1-2,7,17H,3-6H2. The molecule has 0 saturated carbocycles. The molecule has 1 heterocycles. The summed E-state index contributed by atoms with van der Waals surface area (Å²) < 4.78 is 45.6. The fourth-order valence-electron chi connectivity index (χ4n) is 1.99. The fraction of sp³-hybridized carbons (Fsp3) is 0.500. The van der Waals surface area contributed by atoms with Crippen LogP contribution in [0.2, 0.25) is 5.02 Å². The van der Waals surface area contributed by atoms with Gasteiger partial charge in [0.05, 0.1) is 10.6 Å². The van der Waals surface area contributed by atoms with Gasteiger partial charge >= 0.3 is 6.36 Å². The van der Waals surface area contributed by atoms with Crippen LogP contribution in [0.1, 0.15) is 18.4 Å². The summed E-state index contributed by atoms with van der Waals surface area (Å²) in [6.45, 7) is 0.711. The van der Waals surface area contributed by atoms with Crippen LogP contribution in [0.4, 0.5) is 13.2 Å². The number of benzene rings is 1. The maximum atomic E-state index is 12.2. The lowest BCUT2D eigenvalue weighted by Gasteiger charge is -2.32. The molecule has 0 aromatic heterocycles. The van der Waals surface area contributed by atoms with Crippen LogP contribution < -0.4 is 4.74 Å². The van der Waals surface area contributed by atoms with Crippen LogP contribution in [0.25, 0.3) is 0 Å². The van der Waals surface area contributed by atoms with E-state index >= 15 is 0 Å². The molecule has 1 saturated heterocycles. The van der Waals surface area contributed by atoms with Crippen LogP contribution in [0.3, 0.4) is 0 Å². The van der Waals surface area contributed by atoms with Crippen LogP contribution in [-0.4, -0.2) is 24.7 Å². The van der Waals surface area contributed by atoms with Gasteiger partial charge in [-0.2, -0.15) is 0 Å². The number of hydrogen-bond donors (Lipinski definition) is 1. The predicted molar refractivity (Wildman–Crippen MR) is 62.1 cm³/mol. The molecule has 2 rings (SSSR count). The molecular weight excluding hydrogens is 285 g/mol. The third-order valence-corrected chi connectivity index (χ3v) is 3.33. The van der Waals surface area contributed by atoms with E-state index in [1.165, 1.54) is 12.1 Å². The molecule has 0 atom stereocenters. The number of halogens is 4. The average Bonchev–Trinajstić information content (AvgIpc) is 2.31. The quantitative estimate of drug-likeness (QED) is 0.910. The van der Waals surface area contributed by atoms with Crippen LogP contribution in [0.15, 0.2) is 18.2 Å². The molecule has 0 unspecified atom stereocenters. The number of ether oxygens (including phenoxy) is 2. The molecule has 1 aliphatic rings. The van der Waals surface area contributed by atoms with E-state index in [4.69, 9.17) is 16.3 Å². The number of aliphatic hydroxyl groups is 1. The Kier molecular flexibility index (Phi) is 3.94. The first-order valence-corrected chi connectivity index (χ1v) is 6.04. The molecular formula is C12H12ClF3O3. The van der Waals surface area contributed by atoms with Gasteiger partial charge in [0.25, 0.3) is 0 Å². The lowest BCUT2D eigenvalue weighted by Crippen LogP contribution is -2.33. The molecule has 7 heteroatoms. The number of rotatable bonds is 2. The zero-order valence-corrected chi connectivity index (χ0v) is 10.6. The SMILES string of the molecule is OC1(c2ccc(Cl)c(OC(F)(F)F)c2)CCOCC1. The Labute approximate surface area is 112 Å². The molecule has 0 radical (unpaired) electrons. The minimum absolute atomic E-state index is 0.156. The van der Waals surface area contributed by atoms with E-state index < -0.39 is 17.7 Å². The van der Waals surface area contributed by atoms with Crippen molar-refractivity contribution in [1.29, 1.82) is 0 Å². The van der Waals surface area contributed by atoms with Crippen LogP contribution in [0.5, 0.6) is 5.75 Å². The highest BCUT2D eigenvalue weighted by Crippen LogP contribution is 2.37. The van der Waals surface area contributed by atoms with E-state index in [1.807, 2.05) is 0 Å². The molecule has 0 aliphatic carbocycles. The molecule has 1 aliphatic heterocycles. The minimum Gasteiger partial charge on any atom is -0.404 e. The second-order valence-corrected chi connectivity index (χ2v) is 4.74. The van der Waals surface area contributed by atoms with Gasteiger partial charge in [0.2, 0.25) is 0 Å². The summed E-state index contributed by atoms with van der Waals surface area (Å²) in [6, 6.07) is 3.91. The van der Waals surface area contributed by atoms with Crippen molar-refractivity contribution >= 4 is 11.6 Å². The summed E-state index contributed by atoms with van der Waals surface area (Å²) in [7, 11) is 0. The summed E-state index contributed by atoms with van der Waals surface area (Å²) in [5.41, 5.74) is -0.855. The van der Waals surface area contributed by atoms with Gasteiger partial charge in [-0.1, -0.05) is 17.7 Å². The Morgan fingerprint density at radius 2 is 1.89 bits per heavy atom. The van der Waals surface area contributed by atoms with Crippen molar-refractivity contribution in [2.24, 2.45) is 0 Å². The summed E-state index contributed by atoms with van der Waals surface area (Å²) in [5, 5.41) is 10.2. The Hall–Kier alpha value is -0.980. The van der Waals surface area contributed by atoms with E-state index in [1.54, 1.807) is 0 Å². The zero-order chi connectivity index (χ0) is 14.1. The topological polar surface area (TPSA) is 38.7 Å². The first-order chi connectivity index (χ1) is 8.80. The van der Waals surface area contributed by atoms with E-state index in [0.717, 1.165) is 6.07 Å². The summed E-state index contributed by atoms with van der Waals surface area (Å²) in [4.78, 5) is 0. The highest BCUT2D eigenvalue weighted by Gasteiger charge is 2.35. The third kappa shape index (κ3) is 3.52. The van der Waals surface area contributed by atoms with Gasteiger partial charge in [0.1, 0.15) is 5.75 Å². The normalized spacial score (nSPS) is 19.2. The smallest absolute Gasteiger partial charge is 0.404 e. The average molecular weight is 297 g/mol. The highest BCUT2D eigenvalue weighted by atomic mass is 35.5. The van der Waals surface area contributed by atoms with Crippen molar-refractivity contribution in [3.8, 4) is 5.75 Å². The third-order valence-electron chi connectivity index (χ3n) is 3.01. The van der Waals surface area contributed by atoms with E-state index in [9.17, 15) is 18.3 Å². The second-order valence-electron chi connectivity index (χ2n) is 4.34.